The van der Waals surface area contributed by atoms with Gasteiger partial charge in [0.15, 0.2) is 0 Å². The molecule has 2 nitrogen and oxygen atoms in total. The number of hydrogen-bond donors (Lipinski definition) is 0. The van der Waals surface area contributed by atoms with Crippen LogP contribution in [0.25, 0.3) is 11.1 Å². The molecule has 1 aliphatic rings. The monoisotopic (exact) mass is 397 g/mol. The number of nitrogens with zero attached hydrogens (tertiary/aromatic N) is 1. The summed E-state index contributed by atoms with van der Waals surface area (Å²) < 4.78 is 0.908. The van der Waals surface area contributed by atoms with Crippen LogP contribution in [0.4, 0.5) is 5.69 Å². The van der Waals surface area contributed by atoms with Crippen molar-refractivity contribution in [2.45, 2.75) is 33.2 Å². The highest BCUT2D eigenvalue weighted by atomic mass is 32.9. The molecule has 132 valence electrons. The number of hydrogen-bond acceptors (Lipinski definition) is 4. The molecule has 0 atom stereocenters. The summed E-state index contributed by atoms with van der Waals surface area (Å²) in [5, 5.41) is 0. The van der Waals surface area contributed by atoms with Crippen LogP contribution < -0.4 is 4.90 Å². The highest BCUT2D eigenvalue weighted by molar-refractivity contribution is 7.80. The van der Waals surface area contributed by atoms with Crippen LogP contribution in [0.15, 0.2) is 42.5 Å². The minimum absolute atomic E-state index is 0.0248. The van der Waals surface area contributed by atoms with E-state index in [9.17, 15) is 4.79 Å². The lowest BCUT2D eigenvalue weighted by molar-refractivity contribution is 0.0961. The number of fused-ring (bicyclic) bond motifs is 3. The van der Waals surface area contributed by atoms with Gasteiger partial charge in [0.05, 0.1) is 16.1 Å². The second-order valence-electron chi connectivity index (χ2n) is 7.24. The fraction of sp³-hybridized carbons (Fsp3) is 0.238. The van der Waals surface area contributed by atoms with E-state index in [1.165, 1.54) is 4.88 Å². The van der Waals surface area contributed by atoms with Gasteiger partial charge in [-0.2, -0.15) is 0 Å². The van der Waals surface area contributed by atoms with Gasteiger partial charge in [-0.25, -0.2) is 0 Å². The summed E-state index contributed by atoms with van der Waals surface area (Å²) in [5.74, 6) is 0.0248. The van der Waals surface area contributed by atoms with Crippen molar-refractivity contribution in [2.24, 2.45) is 0 Å². The summed E-state index contributed by atoms with van der Waals surface area (Å²) in [7, 11) is 3.31. The molecule has 3 aromatic rings. The van der Waals surface area contributed by atoms with Gasteiger partial charge >= 0.3 is 0 Å². The van der Waals surface area contributed by atoms with Gasteiger partial charge in [-0.1, -0.05) is 62.7 Å². The smallest absolute Gasteiger partial charge is 0.259 e. The van der Waals surface area contributed by atoms with Crippen LogP contribution in [-0.4, -0.2) is 5.91 Å². The quantitative estimate of drug-likeness (QED) is 0.336. The van der Waals surface area contributed by atoms with Crippen molar-refractivity contribution in [1.82, 2.24) is 0 Å². The highest BCUT2D eigenvalue weighted by Crippen LogP contribution is 2.52. The first-order valence-corrected chi connectivity index (χ1v) is 11.0. The molecule has 0 bridgehead atoms. The van der Waals surface area contributed by atoms with E-state index >= 15 is 0 Å². The van der Waals surface area contributed by atoms with Gasteiger partial charge in [0.2, 0.25) is 0 Å². The number of rotatable bonds is 1. The Kier molecular flexibility index (Phi) is 4.14. The highest BCUT2D eigenvalue weighted by Gasteiger charge is 2.43. The molecule has 1 amide bonds. The molecule has 5 heteroatoms. The van der Waals surface area contributed by atoms with E-state index < -0.39 is 5.54 Å². The number of benzene rings is 2. The molecule has 0 saturated heterocycles. The molecule has 0 fully saturated rings. The molecule has 0 saturated carbocycles. The minimum atomic E-state index is -0.448. The number of amides is 1. The maximum Gasteiger partial charge on any atom is 0.259 e. The fourth-order valence-electron chi connectivity index (χ4n) is 3.52. The SMILES string of the molecule is Cc1ccc(C(=O)N2c3cc(C)ccc3-c3c(ssc3=S)C2(C)C)cc1. The van der Waals surface area contributed by atoms with Crippen LogP contribution in [0.2, 0.25) is 0 Å². The van der Waals surface area contributed by atoms with Crippen molar-refractivity contribution < 1.29 is 4.79 Å². The Bertz CT molecular complexity index is 1070. The molecule has 2 aromatic carbocycles. The Balaban J connectivity index is 1.97. The van der Waals surface area contributed by atoms with Crippen molar-refractivity contribution in [3.8, 4) is 11.1 Å². The first-order chi connectivity index (χ1) is 12.3. The lowest BCUT2D eigenvalue weighted by atomic mass is 9.86. The molecule has 1 aromatic heterocycles. The van der Waals surface area contributed by atoms with E-state index in [1.807, 2.05) is 36.1 Å². The van der Waals surface area contributed by atoms with Crippen LogP contribution in [0, 0.1) is 17.7 Å². The molecule has 2 heterocycles. The zero-order valence-corrected chi connectivity index (χ0v) is 17.6. The molecule has 4 rings (SSSR count). The van der Waals surface area contributed by atoms with Crippen LogP contribution in [0.5, 0.6) is 0 Å². The summed E-state index contributed by atoms with van der Waals surface area (Å²) in [6.45, 7) is 8.31. The van der Waals surface area contributed by atoms with E-state index in [2.05, 4.69) is 39.0 Å². The van der Waals surface area contributed by atoms with Gasteiger partial charge in [0, 0.05) is 16.7 Å². The fourth-order valence-corrected chi connectivity index (χ4v) is 6.81. The molecule has 0 spiro atoms. The standard InChI is InChI=1S/C21H19NOS3/c1-12-5-8-14(9-6-12)19(23)22-16-11-13(2)7-10-15(16)17-18(21(22,3)4)25-26-20(17)24/h5-11H,1-4H3. The van der Waals surface area contributed by atoms with Crippen molar-refractivity contribution in [3.63, 3.8) is 0 Å². The maximum absolute atomic E-state index is 13.5. The average Bonchev–Trinajstić information content (AvgIpc) is 2.98. The van der Waals surface area contributed by atoms with Crippen LogP contribution in [0.1, 0.15) is 40.2 Å². The Morgan fingerprint density at radius 1 is 1.00 bits per heavy atom. The Morgan fingerprint density at radius 2 is 1.65 bits per heavy atom. The predicted molar refractivity (Wildman–Crippen MR) is 114 cm³/mol. The Morgan fingerprint density at radius 3 is 2.35 bits per heavy atom. The molecule has 0 unspecified atom stereocenters. The van der Waals surface area contributed by atoms with Crippen molar-refractivity contribution >= 4 is 44.5 Å². The summed E-state index contributed by atoms with van der Waals surface area (Å²) in [4.78, 5) is 16.6. The zero-order valence-electron chi connectivity index (χ0n) is 15.1. The largest absolute Gasteiger partial charge is 0.297 e. The Hall–Kier alpha value is -1.82. The van der Waals surface area contributed by atoms with E-state index in [0.29, 0.717) is 5.56 Å². The number of carbonyl (C=O) groups is 1. The van der Waals surface area contributed by atoms with Gasteiger partial charge in [-0.3, -0.25) is 9.69 Å². The average molecular weight is 398 g/mol. The minimum Gasteiger partial charge on any atom is -0.297 e. The molecular formula is C21H19NOS3. The summed E-state index contributed by atoms with van der Waals surface area (Å²) >= 11 is 5.62. The van der Waals surface area contributed by atoms with Crippen molar-refractivity contribution in [2.75, 3.05) is 4.90 Å². The summed E-state index contributed by atoms with van der Waals surface area (Å²) in [5.41, 5.74) is 5.68. The van der Waals surface area contributed by atoms with E-state index in [1.54, 1.807) is 20.7 Å². The molecular weight excluding hydrogens is 378 g/mol. The van der Waals surface area contributed by atoms with Crippen LogP contribution in [0.3, 0.4) is 0 Å². The number of carbonyl (C=O) groups excluding carboxylic acids is 1. The third-order valence-corrected chi connectivity index (χ3v) is 8.24. The Labute approximate surface area is 166 Å². The summed E-state index contributed by atoms with van der Waals surface area (Å²) in [6, 6.07) is 14.1. The van der Waals surface area contributed by atoms with Gasteiger partial charge in [-0.15, -0.1) is 0 Å². The maximum atomic E-state index is 13.5. The summed E-state index contributed by atoms with van der Waals surface area (Å²) in [6.07, 6.45) is 0. The lowest BCUT2D eigenvalue weighted by Gasteiger charge is -2.43. The van der Waals surface area contributed by atoms with Crippen molar-refractivity contribution in [1.29, 1.82) is 0 Å². The van der Waals surface area contributed by atoms with Gasteiger partial charge in [-0.05, 0) is 51.5 Å². The number of anilines is 1. The first-order valence-electron chi connectivity index (χ1n) is 8.46. The third kappa shape index (κ3) is 2.57. The third-order valence-electron chi connectivity index (χ3n) is 4.91. The topological polar surface area (TPSA) is 20.3 Å². The van der Waals surface area contributed by atoms with Gasteiger partial charge in [0.25, 0.3) is 5.91 Å². The number of aryl methyl sites for hydroxylation is 2. The van der Waals surface area contributed by atoms with Crippen LogP contribution >= 0.6 is 32.9 Å². The second kappa shape index (κ2) is 6.12. The van der Waals surface area contributed by atoms with Crippen LogP contribution in [-0.2, 0) is 5.54 Å². The second-order valence-corrected chi connectivity index (χ2v) is 10.1. The predicted octanol–water partition coefficient (Wildman–Crippen LogP) is 6.72. The van der Waals surface area contributed by atoms with E-state index in [4.69, 9.17) is 12.2 Å². The molecule has 26 heavy (non-hydrogen) atoms. The molecule has 0 radical (unpaired) electrons. The normalized spacial score (nSPS) is 14.7. The molecule has 0 N–H and O–H groups in total. The molecule has 0 aliphatic carbocycles. The molecule has 1 aliphatic heterocycles. The van der Waals surface area contributed by atoms with E-state index in [-0.39, 0.29) is 5.91 Å². The van der Waals surface area contributed by atoms with E-state index in [0.717, 1.165) is 31.8 Å². The lowest BCUT2D eigenvalue weighted by Crippen LogP contribution is -2.47. The van der Waals surface area contributed by atoms with Gasteiger partial charge < -0.3 is 0 Å². The van der Waals surface area contributed by atoms with Gasteiger partial charge in [0.1, 0.15) is 3.82 Å². The van der Waals surface area contributed by atoms with Crippen molar-refractivity contribution in [3.05, 3.63) is 67.9 Å². The zero-order chi connectivity index (χ0) is 18.6. The first kappa shape index (κ1) is 17.6.